The van der Waals surface area contributed by atoms with Gasteiger partial charge >= 0.3 is 5.97 Å². The van der Waals surface area contributed by atoms with E-state index in [1.807, 2.05) is 19.1 Å². The average Bonchev–Trinajstić information content (AvgIpc) is 3.05. The predicted molar refractivity (Wildman–Crippen MR) is 91.7 cm³/mol. The van der Waals surface area contributed by atoms with Crippen molar-refractivity contribution in [1.29, 1.82) is 0 Å². The smallest absolute Gasteiger partial charge is 0.308 e. The molecule has 1 fully saturated rings. The summed E-state index contributed by atoms with van der Waals surface area (Å²) >= 11 is 0. The summed E-state index contributed by atoms with van der Waals surface area (Å²) in [6.07, 6.45) is 2.48. The summed E-state index contributed by atoms with van der Waals surface area (Å²) in [5.41, 5.74) is 1.64. The van der Waals surface area contributed by atoms with E-state index in [1.54, 1.807) is 35.4 Å². The molecule has 3 rings (SSSR count). The van der Waals surface area contributed by atoms with Gasteiger partial charge in [0.1, 0.15) is 11.9 Å². The Hall–Kier alpha value is -2.89. The van der Waals surface area contributed by atoms with E-state index in [-0.39, 0.29) is 18.0 Å². The number of hydrogen-bond donors (Lipinski definition) is 0. The molecule has 6 nitrogen and oxygen atoms in total. The van der Waals surface area contributed by atoms with E-state index in [9.17, 15) is 9.59 Å². The van der Waals surface area contributed by atoms with Crippen molar-refractivity contribution in [1.82, 2.24) is 9.88 Å². The minimum Gasteiger partial charge on any atom is -0.472 e. The number of ether oxygens (including phenoxy) is 2. The Morgan fingerprint density at radius 3 is 2.56 bits per heavy atom. The second-order valence-corrected chi connectivity index (χ2v) is 6.07. The number of carbonyl (C=O) groups excluding carboxylic acids is 2. The quantitative estimate of drug-likeness (QED) is 0.632. The second kappa shape index (κ2) is 7.34. The maximum Gasteiger partial charge on any atom is 0.308 e. The second-order valence-electron chi connectivity index (χ2n) is 6.07. The van der Waals surface area contributed by atoms with Crippen LogP contribution >= 0.6 is 0 Å². The topological polar surface area (TPSA) is 68.7 Å². The third kappa shape index (κ3) is 4.35. The minimum absolute atomic E-state index is 0.0560. The van der Waals surface area contributed by atoms with Gasteiger partial charge in [-0.05, 0) is 36.8 Å². The van der Waals surface area contributed by atoms with Crippen molar-refractivity contribution in [3.8, 4) is 11.6 Å². The Balaban J connectivity index is 1.58. The third-order valence-corrected chi connectivity index (χ3v) is 3.97. The first-order valence-electron chi connectivity index (χ1n) is 8.18. The normalized spacial score (nSPS) is 16.6. The van der Waals surface area contributed by atoms with Crippen LogP contribution in [-0.2, 0) is 4.79 Å². The molecule has 0 N–H and O–H groups in total. The SMILES string of the molecule is CC(=O)Oc1ccc(C(=O)N2CCC(Oc3ccc(C)cn3)C2)cc1. The number of aromatic nitrogens is 1. The molecule has 2 aromatic rings. The van der Waals surface area contributed by atoms with Gasteiger partial charge in [-0.25, -0.2) is 4.98 Å². The molecule has 1 atom stereocenters. The maximum atomic E-state index is 12.6. The van der Waals surface area contributed by atoms with E-state index in [0.29, 0.717) is 30.3 Å². The molecule has 1 aliphatic heterocycles. The van der Waals surface area contributed by atoms with Crippen LogP contribution in [0.4, 0.5) is 0 Å². The standard InChI is InChI=1S/C19H20N2O4/c1-13-3-8-18(20-11-13)25-17-9-10-21(12-17)19(23)15-4-6-16(7-5-15)24-14(2)22/h3-8,11,17H,9-10,12H2,1-2H3. The maximum absolute atomic E-state index is 12.6. The first-order chi connectivity index (χ1) is 12.0. The largest absolute Gasteiger partial charge is 0.472 e. The van der Waals surface area contributed by atoms with E-state index in [1.165, 1.54) is 6.92 Å². The molecular formula is C19H20N2O4. The molecule has 1 aromatic heterocycles. The summed E-state index contributed by atoms with van der Waals surface area (Å²) in [6, 6.07) is 10.4. The lowest BCUT2D eigenvalue weighted by atomic mass is 10.2. The summed E-state index contributed by atoms with van der Waals surface area (Å²) in [5, 5.41) is 0. The van der Waals surface area contributed by atoms with Crippen molar-refractivity contribution < 1.29 is 19.1 Å². The molecule has 0 spiro atoms. The molecule has 6 heteroatoms. The lowest BCUT2D eigenvalue weighted by molar-refractivity contribution is -0.131. The Morgan fingerprint density at radius 1 is 1.16 bits per heavy atom. The lowest BCUT2D eigenvalue weighted by Crippen LogP contribution is -2.31. The van der Waals surface area contributed by atoms with Crippen molar-refractivity contribution in [3.63, 3.8) is 0 Å². The Labute approximate surface area is 146 Å². The number of likely N-dealkylation sites (tertiary alicyclic amines) is 1. The fourth-order valence-electron chi connectivity index (χ4n) is 2.72. The first kappa shape index (κ1) is 17.0. The molecule has 130 valence electrons. The van der Waals surface area contributed by atoms with Crippen molar-refractivity contribution in [2.45, 2.75) is 26.4 Å². The van der Waals surface area contributed by atoms with Crippen LogP contribution in [0.3, 0.4) is 0 Å². The van der Waals surface area contributed by atoms with Crippen LogP contribution < -0.4 is 9.47 Å². The number of esters is 1. The molecular weight excluding hydrogens is 320 g/mol. The van der Waals surface area contributed by atoms with Crippen LogP contribution in [0.2, 0.25) is 0 Å². The summed E-state index contributed by atoms with van der Waals surface area (Å²) < 4.78 is 10.8. The van der Waals surface area contributed by atoms with Crippen molar-refractivity contribution in [2.75, 3.05) is 13.1 Å². The summed E-state index contributed by atoms with van der Waals surface area (Å²) in [4.78, 5) is 29.5. The number of aryl methyl sites for hydroxylation is 1. The van der Waals surface area contributed by atoms with E-state index in [2.05, 4.69) is 4.98 Å². The molecule has 25 heavy (non-hydrogen) atoms. The molecule has 1 aliphatic rings. The highest BCUT2D eigenvalue weighted by molar-refractivity contribution is 5.94. The number of amides is 1. The number of rotatable bonds is 4. The zero-order chi connectivity index (χ0) is 17.8. The molecule has 1 aromatic carbocycles. The van der Waals surface area contributed by atoms with Gasteiger partial charge in [0.15, 0.2) is 0 Å². The monoisotopic (exact) mass is 340 g/mol. The molecule has 1 unspecified atom stereocenters. The van der Waals surface area contributed by atoms with E-state index in [4.69, 9.17) is 9.47 Å². The van der Waals surface area contributed by atoms with Crippen LogP contribution in [0.1, 0.15) is 29.3 Å². The molecule has 0 bridgehead atoms. The van der Waals surface area contributed by atoms with Crippen molar-refractivity contribution in [2.24, 2.45) is 0 Å². The fraction of sp³-hybridized carbons (Fsp3) is 0.316. The molecule has 1 saturated heterocycles. The van der Waals surface area contributed by atoms with Crippen LogP contribution in [0.15, 0.2) is 42.6 Å². The van der Waals surface area contributed by atoms with Gasteiger partial charge in [-0.3, -0.25) is 9.59 Å². The van der Waals surface area contributed by atoms with Crippen LogP contribution in [-0.4, -0.2) is 41.0 Å². The highest BCUT2D eigenvalue weighted by atomic mass is 16.5. The van der Waals surface area contributed by atoms with Crippen LogP contribution in [0.5, 0.6) is 11.6 Å². The van der Waals surface area contributed by atoms with Gasteiger partial charge in [-0.1, -0.05) is 6.07 Å². The van der Waals surface area contributed by atoms with Gasteiger partial charge in [-0.2, -0.15) is 0 Å². The van der Waals surface area contributed by atoms with Gasteiger partial charge in [0.05, 0.1) is 6.54 Å². The van der Waals surface area contributed by atoms with Crippen molar-refractivity contribution in [3.05, 3.63) is 53.7 Å². The van der Waals surface area contributed by atoms with E-state index in [0.717, 1.165) is 12.0 Å². The van der Waals surface area contributed by atoms with Crippen molar-refractivity contribution >= 4 is 11.9 Å². The van der Waals surface area contributed by atoms with Gasteiger partial charge in [-0.15, -0.1) is 0 Å². The fourth-order valence-corrected chi connectivity index (χ4v) is 2.72. The van der Waals surface area contributed by atoms with Gasteiger partial charge in [0, 0.05) is 37.7 Å². The Bertz CT molecular complexity index is 756. The number of hydrogen-bond acceptors (Lipinski definition) is 5. The molecule has 2 heterocycles. The van der Waals surface area contributed by atoms with Gasteiger partial charge in [0.25, 0.3) is 5.91 Å². The predicted octanol–water partition coefficient (Wildman–Crippen LogP) is 2.61. The highest BCUT2D eigenvalue weighted by Crippen LogP contribution is 2.20. The first-order valence-corrected chi connectivity index (χ1v) is 8.18. The van der Waals surface area contributed by atoms with Gasteiger partial charge in [0.2, 0.25) is 5.88 Å². The van der Waals surface area contributed by atoms with Crippen LogP contribution in [0, 0.1) is 6.92 Å². The number of nitrogens with zero attached hydrogens (tertiary/aromatic N) is 2. The zero-order valence-corrected chi connectivity index (χ0v) is 14.3. The number of pyridine rings is 1. The number of benzene rings is 1. The molecule has 0 radical (unpaired) electrons. The van der Waals surface area contributed by atoms with E-state index >= 15 is 0 Å². The molecule has 0 aliphatic carbocycles. The average molecular weight is 340 g/mol. The lowest BCUT2D eigenvalue weighted by Gasteiger charge is -2.17. The molecule has 1 amide bonds. The Morgan fingerprint density at radius 2 is 1.92 bits per heavy atom. The van der Waals surface area contributed by atoms with Gasteiger partial charge < -0.3 is 14.4 Å². The zero-order valence-electron chi connectivity index (χ0n) is 14.3. The Kier molecular flexibility index (Phi) is 4.97. The highest BCUT2D eigenvalue weighted by Gasteiger charge is 2.28. The summed E-state index contributed by atoms with van der Waals surface area (Å²) in [5.74, 6) is 0.563. The summed E-state index contributed by atoms with van der Waals surface area (Å²) in [7, 11) is 0. The summed E-state index contributed by atoms with van der Waals surface area (Å²) in [6.45, 7) is 4.48. The van der Waals surface area contributed by atoms with E-state index < -0.39 is 0 Å². The van der Waals surface area contributed by atoms with Crippen LogP contribution in [0.25, 0.3) is 0 Å². The number of carbonyl (C=O) groups is 2. The third-order valence-electron chi connectivity index (χ3n) is 3.97. The minimum atomic E-state index is -0.386. The molecule has 0 saturated carbocycles.